The minimum Gasteiger partial charge on any atom is -0.330 e. The molecule has 2 rings (SSSR count). The molecule has 97 valence electrons. The Morgan fingerprint density at radius 3 is 2.28 bits per heavy atom. The maximum atomic E-state index is 12.3. The van der Waals surface area contributed by atoms with E-state index in [1.165, 1.54) is 5.56 Å². The third kappa shape index (κ3) is 2.99. The van der Waals surface area contributed by atoms with Gasteiger partial charge in [0.1, 0.15) is 0 Å². The summed E-state index contributed by atoms with van der Waals surface area (Å²) in [6, 6.07) is 7.90. The van der Waals surface area contributed by atoms with Crippen LogP contribution in [0.2, 0.25) is 0 Å². The number of ketones is 1. The first-order valence-corrected chi connectivity index (χ1v) is 6.87. The molecule has 2 N–H and O–H groups in total. The van der Waals surface area contributed by atoms with Crippen LogP contribution in [0.15, 0.2) is 24.3 Å². The summed E-state index contributed by atoms with van der Waals surface area (Å²) in [6.07, 6.45) is 4.97. The predicted octanol–water partition coefficient (Wildman–Crippen LogP) is 3.01. The van der Waals surface area contributed by atoms with Gasteiger partial charge in [-0.1, -0.05) is 24.3 Å². The van der Waals surface area contributed by atoms with E-state index in [9.17, 15) is 4.79 Å². The summed E-state index contributed by atoms with van der Waals surface area (Å²) in [4.78, 5) is 12.3. The van der Waals surface area contributed by atoms with E-state index < -0.39 is 0 Å². The van der Waals surface area contributed by atoms with Crippen LogP contribution < -0.4 is 5.73 Å². The molecule has 0 saturated heterocycles. The van der Waals surface area contributed by atoms with Gasteiger partial charge in [0, 0.05) is 11.5 Å². The molecule has 0 aliphatic heterocycles. The van der Waals surface area contributed by atoms with Crippen molar-refractivity contribution in [2.45, 2.75) is 32.1 Å². The number of Topliss-reactive ketones (excluding diaryl/α,β-unsaturated/α-hetero) is 1. The van der Waals surface area contributed by atoms with Crippen LogP contribution in [0.3, 0.4) is 0 Å². The highest BCUT2D eigenvalue weighted by molar-refractivity contribution is 5.97. The Labute approximate surface area is 110 Å². The molecule has 0 aromatic heterocycles. The summed E-state index contributed by atoms with van der Waals surface area (Å²) >= 11 is 0. The van der Waals surface area contributed by atoms with Gasteiger partial charge in [-0.25, -0.2) is 0 Å². The fourth-order valence-corrected chi connectivity index (χ4v) is 2.73. The fraction of sp³-hybridized carbons (Fsp3) is 0.500. The van der Waals surface area contributed by atoms with Crippen molar-refractivity contribution < 1.29 is 4.79 Å². The van der Waals surface area contributed by atoms with Crippen LogP contribution in [0.25, 0.3) is 0 Å². The molecule has 0 spiro atoms. The molecule has 0 bridgehead atoms. The van der Waals surface area contributed by atoms with E-state index in [1.54, 1.807) is 0 Å². The van der Waals surface area contributed by atoms with E-state index in [4.69, 9.17) is 5.73 Å². The molecule has 0 heterocycles. The number of benzene rings is 1. The Hall–Kier alpha value is -1.15. The van der Waals surface area contributed by atoms with Crippen LogP contribution in [-0.4, -0.2) is 12.3 Å². The quantitative estimate of drug-likeness (QED) is 0.827. The van der Waals surface area contributed by atoms with E-state index >= 15 is 0 Å². The van der Waals surface area contributed by atoms with Gasteiger partial charge in [0.2, 0.25) is 0 Å². The molecule has 1 aromatic rings. The van der Waals surface area contributed by atoms with Gasteiger partial charge in [-0.05, 0) is 57.1 Å². The van der Waals surface area contributed by atoms with E-state index in [0.29, 0.717) is 11.7 Å². The highest BCUT2D eigenvalue weighted by Crippen LogP contribution is 2.30. The second-order valence-electron chi connectivity index (χ2n) is 5.26. The lowest BCUT2D eigenvalue weighted by atomic mass is 9.78. The van der Waals surface area contributed by atoms with Gasteiger partial charge >= 0.3 is 0 Å². The van der Waals surface area contributed by atoms with Crippen molar-refractivity contribution in [2.24, 2.45) is 17.6 Å². The smallest absolute Gasteiger partial charge is 0.165 e. The number of rotatable bonds is 4. The molecule has 1 radical (unpaired) electrons. The lowest BCUT2D eigenvalue weighted by molar-refractivity contribution is 0.0873. The van der Waals surface area contributed by atoms with Crippen molar-refractivity contribution in [1.82, 2.24) is 0 Å². The third-order valence-corrected chi connectivity index (χ3v) is 4.08. The van der Waals surface area contributed by atoms with Crippen molar-refractivity contribution in [3.8, 4) is 0 Å². The molecule has 2 heteroatoms. The summed E-state index contributed by atoms with van der Waals surface area (Å²) in [6.45, 7) is 4.60. The average molecular weight is 244 g/mol. The maximum absolute atomic E-state index is 12.3. The number of carbonyl (C=O) groups excluding carboxylic acids is 1. The van der Waals surface area contributed by atoms with Crippen LogP contribution >= 0.6 is 0 Å². The van der Waals surface area contributed by atoms with Crippen LogP contribution in [-0.2, 0) is 6.42 Å². The monoisotopic (exact) mass is 244 g/mol. The maximum Gasteiger partial charge on any atom is 0.165 e. The molecule has 0 amide bonds. The first kappa shape index (κ1) is 13.3. The summed E-state index contributed by atoms with van der Waals surface area (Å²) in [5.74, 6) is 1.14. The molecule has 1 fully saturated rings. The van der Waals surface area contributed by atoms with Crippen molar-refractivity contribution in [3.05, 3.63) is 42.3 Å². The molecule has 18 heavy (non-hydrogen) atoms. The topological polar surface area (TPSA) is 43.1 Å². The SMILES string of the molecule is [CH2]Cc1ccc(C(=O)C2CCC(CN)CC2)cc1. The lowest BCUT2D eigenvalue weighted by Crippen LogP contribution is -2.25. The number of hydrogen-bond acceptors (Lipinski definition) is 2. The van der Waals surface area contributed by atoms with E-state index in [1.807, 2.05) is 24.3 Å². The second-order valence-corrected chi connectivity index (χ2v) is 5.26. The first-order valence-electron chi connectivity index (χ1n) is 6.87. The number of hydrogen-bond donors (Lipinski definition) is 1. The minimum atomic E-state index is 0.207. The van der Waals surface area contributed by atoms with E-state index in [0.717, 1.165) is 44.2 Å². The van der Waals surface area contributed by atoms with Crippen molar-refractivity contribution in [3.63, 3.8) is 0 Å². The summed E-state index contributed by atoms with van der Waals surface area (Å²) < 4.78 is 0. The lowest BCUT2D eigenvalue weighted by Gasteiger charge is -2.26. The molecule has 1 saturated carbocycles. The first-order chi connectivity index (χ1) is 8.74. The zero-order chi connectivity index (χ0) is 13.0. The van der Waals surface area contributed by atoms with Crippen LogP contribution in [0.5, 0.6) is 0 Å². The van der Waals surface area contributed by atoms with Gasteiger partial charge in [-0.3, -0.25) is 4.79 Å². The molecule has 1 aromatic carbocycles. The van der Waals surface area contributed by atoms with Gasteiger partial charge in [-0.2, -0.15) is 0 Å². The molecule has 0 unspecified atom stereocenters. The molecular weight excluding hydrogens is 222 g/mol. The van der Waals surface area contributed by atoms with Gasteiger partial charge in [-0.15, -0.1) is 0 Å². The fourth-order valence-electron chi connectivity index (χ4n) is 2.73. The van der Waals surface area contributed by atoms with Gasteiger partial charge in [0.15, 0.2) is 5.78 Å². The predicted molar refractivity (Wildman–Crippen MR) is 74.3 cm³/mol. The standard InChI is InChI=1S/C16H22NO/c1-2-12-3-7-14(8-4-12)16(18)15-9-5-13(11-17)6-10-15/h3-4,7-8,13,15H,1-2,5-6,9-11,17H2. The van der Waals surface area contributed by atoms with Crippen LogP contribution in [0.4, 0.5) is 0 Å². The summed E-state index contributed by atoms with van der Waals surface area (Å²) in [5, 5.41) is 0. The summed E-state index contributed by atoms with van der Waals surface area (Å²) in [7, 11) is 0. The Balaban J connectivity index is 1.98. The molecule has 1 aliphatic carbocycles. The Bertz CT molecular complexity index is 388. The van der Waals surface area contributed by atoms with Gasteiger partial charge < -0.3 is 5.73 Å². The molecule has 0 atom stereocenters. The zero-order valence-electron chi connectivity index (χ0n) is 10.9. The normalized spacial score (nSPS) is 23.9. The van der Waals surface area contributed by atoms with Crippen LogP contribution in [0, 0.1) is 18.8 Å². The minimum absolute atomic E-state index is 0.207. The zero-order valence-corrected chi connectivity index (χ0v) is 10.9. The Morgan fingerprint density at radius 2 is 1.78 bits per heavy atom. The van der Waals surface area contributed by atoms with Crippen LogP contribution in [0.1, 0.15) is 41.6 Å². The van der Waals surface area contributed by atoms with Gasteiger partial charge in [0.25, 0.3) is 0 Å². The molecular formula is C16H22NO. The Kier molecular flexibility index (Phi) is 4.54. The van der Waals surface area contributed by atoms with Crippen molar-refractivity contribution in [2.75, 3.05) is 6.54 Å². The number of nitrogens with two attached hydrogens (primary N) is 1. The van der Waals surface area contributed by atoms with Gasteiger partial charge in [0.05, 0.1) is 0 Å². The highest BCUT2D eigenvalue weighted by atomic mass is 16.1. The number of carbonyl (C=O) groups is 1. The highest BCUT2D eigenvalue weighted by Gasteiger charge is 2.26. The summed E-state index contributed by atoms with van der Waals surface area (Å²) in [5.41, 5.74) is 7.71. The second kappa shape index (κ2) is 6.14. The molecule has 2 nitrogen and oxygen atoms in total. The largest absolute Gasteiger partial charge is 0.330 e. The van der Waals surface area contributed by atoms with E-state index in [2.05, 4.69) is 6.92 Å². The molecule has 1 aliphatic rings. The van der Waals surface area contributed by atoms with E-state index in [-0.39, 0.29) is 5.92 Å². The average Bonchev–Trinajstić information content (AvgIpc) is 2.47. The Morgan fingerprint density at radius 1 is 1.17 bits per heavy atom. The van der Waals surface area contributed by atoms with Crippen molar-refractivity contribution in [1.29, 1.82) is 0 Å². The van der Waals surface area contributed by atoms with Crippen molar-refractivity contribution >= 4 is 5.78 Å². The third-order valence-electron chi connectivity index (χ3n) is 4.08.